The Morgan fingerprint density at radius 3 is 2.85 bits per heavy atom. The van der Waals surface area contributed by atoms with E-state index in [0.29, 0.717) is 21.3 Å². The van der Waals surface area contributed by atoms with Crippen LogP contribution in [0.2, 0.25) is 5.15 Å². The molecule has 0 saturated carbocycles. The predicted octanol–water partition coefficient (Wildman–Crippen LogP) is 4.03. The number of hydrogen-bond donors (Lipinski definition) is 1. The molecule has 2 aromatic heterocycles. The molecule has 2 heterocycles. The zero-order chi connectivity index (χ0) is 19.4. The summed E-state index contributed by atoms with van der Waals surface area (Å²) in [6.07, 6.45) is 1.48. The molecule has 1 amide bonds. The number of carbonyl (C=O) groups is 2. The molecule has 1 aromatic carbocycles. The van der Waals surface area contributed by atoms with Crippen molar-refractivity contribution in [3.63, 3.8) is 0 Å². The molecule has 0 aliphatic carbocycles. The number of ether oxygens (including phenoxy) is 2. The van der Waals surface area contributed by atoms with Crippen molar-refractivity contribution in [2.45, 2.75) is 6.61 Å². The topological polar surface area (TPSA) is 77.5 Å². The second kappa shape index (κ2) is 8.43. The Bertz CT molecular complexity index is 1010. The van der Waals surface area contributed by atoms with Crippen LogP contribution in [-0.4, -0.2) is 30.6 Å². The zero-order valence-electron chi connectivity index (χ0n) is 14.1. The third kappa shape index (κ3) is 4.24. The molecule has 0 fully saturated rings. The second-order valence-corrected chi connectivity index (χ2v) is 6.83. The number of carbonyl (C=O) groups excluding carboxylic acids is 2. The van der Waals surface area contributed by atoms with Crippen LogP contribution in [0, 0.1) is 5.82 Å². The minimum Gasteiger partial charge on any atom is -0.451 e. The molecular formula is C18H14ClFN2O4S. The van der Waals surface area contributed by atoms with Gasteiger partial charge in [0.2, 0.25) is 0 Å². The standard InChI is InChI=1S/C18H14ClFN2O4S/c1-25-8-10-15-11(20)4-2-6-13(15)27-16(10)18(24)26-9-14(23)22-12-5-3-7-21-17(12)19/h2-7H,8-9H2,1H3,(H,22,23). The van der Waals surface area contributed by atoms with E-state index in [1.54, 1.807) is 24.3 Å². The zero-order valence-corrected chi connectivity index (χ0v) is 15.7. The van der Waals surface area contributed by atoms with E-state index in [4.69, 9.17) is 21.1 Å². The molecule has 3 rings (SSSR count). The highest BCUT2D eigenvalue weighted by Gasteiger charge is 2.22. The SMILES string of the molecule is COCc1c(C(=O)OCC(=O)Nc2cccnc2Cl)sc2cccc(F)c12. The predicted molar refractivity (Wildman–Crippen MR) is 101 cm³/mol. The first kappa shape index (κ1) is 19.2. The van der Waals surface area contributed by atoms with E-state index in [9.17, 15) is 14.0 Å². The van der Waals surface area contributed by atoms with Crippen molar-refractivity contribution in [3.8, 4) is 0 Å². The van der Waals surface area contributed by atoms with Crippen LogP contribution >= 0.6 is 22.9 Å². The van der Waals surface area contributed by atoms with E-state index in [1.807, 2.05) is 0 Å². The largest absolute Gasteiger partial charge is 0.451 e. The Morgan fingerprint density at radius 2 is 2.11 bits per heavy atom. The number of thiophene rings is 1. The molecule has 3 aromatic rings. The summed E-state index contributed by atoms with van der Waals surface area (Å²) >= 11 is 6.95. The molecule has 0 unspecified atom stereocenters. The van der Waals surface area contributed by atoms with Crippen molar-refractivity contribution in [2.24, 2.45) is 0 Å². The lowest BCUT2D eigenvalue weighted by Crippen LogP contribution is -2.21. The molecule has 0 bridgehead atoms. The van der Waals surface area contributed by atoms with Gasteiger partial charge < -0.3 is 14.8 Å². The Hall–Kier alpha value is -2.55. The normalized spacial score (nSPS) is 10.8. The number of fused-ring (bicyclic) bond motifs is 1. The van der Waals surface area contributed by atoms with Crippen LogP contribution in [0.3, 0.4) is 0 Å². The molecule has 9 heteroatoms. The molecule has 27 heavy (non-hydrogen) atoms. The number of amides is 1. The first-order valence-electron chi connectivity index (χ1n) is 7.77. The Morgan fingerprint density at radius 1 is 1.30 bits per heavy atom. The number of rotatable bonds is 6. The van der Waals surface area contributed by atoms with Crippen molar-refractivity contribution in [1.82, 2.24) is 4.98 Å². The van der Waals surface area contributed by atoms with E-state index in [1.165, 1.54) is 19.4 Å². The van der Waals surface area contributed by atoms with Gasteiger partial charge in [-0.3, -0.25) is 4.79 Å². The van der Waals surface area contributed by atoms with Crippen LogP contribution in [0.1, 0.15) is 15.2 Å². The van der Waals surface area contributed by atoms with Gasteiger partial charge in [-0.25, -0.2) is 14.2 Å². The number of pyridine rings is 1. The smallest absolute Gasteiger partial charge is 0.349 e. The second-order valence-electron chi connectivity index (χ2n) is 5.42. The fourth-order valence-corrected chi connectivity index (χ4v) is 3.76. The Kier molecular flexibility index (Phi) is 6.00. The molecule has 6 nitrogen and oxygen atoms in total. The molecule has 0 aliphatic heterocycles. The number of anilines is 1. The summed E-state index contributed by atoms with van der Waals surface area (Å²) in [4.78, 5) is 28.5. The fourth-order valence-electron chi connectivity index (χ4n) is 2.48. The summed E-state index contributed by atoms with van der Waals surface area (Å²) in [5.41, 5.74) is 0.709. The third-order valence-corrected chi connectivity index (χ3v) is 5.08. The summed E-state index contributed by atoms with van der Waals surface area (Å²) < 4.78 is 24.9. The number of nitrogens with zero attached hydrogens (tertiary/aromatic N) is 1. The van der Waals surface area contributed by atoms with Crippen LogP contribution in [0.15, 0.2) is 36.5 Å². The summed E-state index contributed by atoms with van der Waals surface area (Å²) in [5, 5.41) is 2.95. The molecule has 0 spiro atoms. The van der Waals surface area contributed by atoms with Crippen LogP contribution in [0.25, 0.3) is 10.1 Å². The van der Waals surface area contributed by atoms with E-state index < -0.39 is 24.3 Å². The molecule has 1 N–H and O–H groups in total. The molecule has 140 valence electrons. The first-order valence-corrected chi connectivity index (χ1v) is 8.97. The van der Waals surface area contributed by atoms with Gasteiger partial charge in [-0.05, 0) is 24.3 Å². The molecule has 0 radical (unpaired) electrons. The van der Waals surface area contributed by atoms with Gasteiger partial charge in [-0.15, -0.1) is 11.3 Å². The van der Waals surface area contributed by atoms with Gasteiger partial charge in [-0.1, -0.05) is 17.7 Å². The Labute approximate surface area is 162 Å². The number of esters is 1. The number of methoxy groups -OCH3 is 1. The van der Waals surface area contributed by atoms with Gasteiger partial charge in [0.05, 0.1) is 12.3 Å². The maximum absolute atomic E-state index is 14.2. The lowest BCUT2D eigenvalue weighted by molar-refractivity contribution is -0.119. The number of aromatic nitrogens is 1. The summed E-state index contributed by atoms with van der Waals surface area (Å²) in [5.74, 6) is -1.74. The third-order valence-electron chi connectivity index (χ3n) is 3.60. The first-order chi connectivity index (χ1) is 13.0. The van der Waals surface area contributed by atoms with Gasteiger partial charge >= 0.3 is 5.97 Å². The van der Waals surface area contributed by atoms with Crippen LogP contribution in [0.5, 0.6) is 0 Å². The van der Waals surface area contributed by atoms with E-state index in [-0.39, 0.29) is 16.6 Å². The van der Waals surface area contributed by atoms with Crippen molar-refractivity contribution >= 4 is 50.6 Å². The molecular weight excluding hydrogens is 395 g/mol. The molecule has 0 atom stereocenters. The van der Waals surface area contributed by atoms with Crippen LogP contribution in [-0.2, 0) is 20.9 Å². The van der Waals surface area contributed by atoms with Gasteiger partial charge in [0.25, 0.3) is 5.91 Å². The van der Waals surface area contributed by atoms with E-state index >= 15 is 0 Å². The van der Waals surface area contributed by atoms with E-state index in [0.717, 1.165) is 11.3 Å². The molecule has 0 saturated heterocycles. The lowest BCUT2D eigenvalue weighted by atomic mass is 10.1. The van der Waals surface area contributed by atoms with Crippen LogP contribution in [0.4, 0.5) is 10.1 Å². The van der Waals surface area contributed by atoms with Gasteiger partial charge in [-0.2, -0.15) is 0 Å². The molecule has 0 aliphatic rings. The van der Waals surface area contributed by atoms with Gasteiger partial charge in [0.15, 0.2) is 11.8 Å². The monoisotopic (exact) mass is 408 g/mol. The number of benzene rings is 1. The van der Waals surface area contributed by atoms with Gasteiger partial charge in [0, 0.05) is 29.0 Å². The minimum absolute atomic E-state index is 0.0445. The van der Waals surface area contributed by atoms with Crippen molar-refractivity contribution in [2.75, 3.05) is 19.0 Å². The van der Waals surface area contributed by atoms with Crippen molar-refractivity contribution < 1.29 is 23.5 Å². The lowest BCUT2D eigenvalue weighted by Gasteiger charge is -2.08. The number of halogens is 2. The minimum atomic E-state index is -0.727. The maximum atomic E-state index is 14.2. The summed E-state index contributed by atoms with van der Waals surface area (Å²) in [6.45, 7) is -0.476. The number of hydrogen-bond acceptors (Lipinski definition) is 6. The average Bonchev–Trinajstić information content (AvgIpc) is 3.02. The van der Waals surface area contributed by atoms with E-state index in [2.05, 4.69) is 10.3 Å². The highest BCUT2D eigenvalue weighted by atomic mass is 35.5. The fraction of sp³-hybridized carbons (Fsp3) is 0.167. The Balaban J connectivity index is 1.74. The highest BCUT2D eigenvalue weighted by Crippen LogP contribution is 2.34. The maximum Gasteiger partial charge on any atom is 0.349 e. The summed E-state index contributed by atoms with van der Waals surface area (Å²) in [7, 11) is 1.45. The van der Waals surface area contributed by atoms with Crippen molar-refractivity contribution in [3.05, 3.63) is 57.9 Å². The highest BCUT2D eigenvalue weighted by molar-refractivity contribution is 7.21. The quantitative estimate of drug-likeness (QED) is 0.492. The summed E-state index contributed by atoms with van der Waals surface area (Å²) in [6, 6.07) is 7.76. The van der Waals surface area contributed by atoms with Gasteiger partial charge in [0.1, 0.15) is 10.7 Å². The van der Waals surface area contributed by atoms with Crippen LogP contribution < -0.4 is 5.32 Å². The van der Waals surface area contributed by atoms with Crippen molar-refractivity contribution in [1.29, 1.82) is 0 Å². The average molecular weight is 409 g/mol. The number of nitrogens with one attached hydrogen (secondary N) is 1.